The van der Waals surface area contributed by atoms with Crippen molar-refractivity contribution in [3.63, 3.8) is 0 Å². The van der Waals surface area contributed by atoms with Crippen LogP contribution in [0.4, 0.5) is 15.3 Å². The molecule has 0 aliphatic rings. The molecule has 0 bridgehead atoms. The Bertz CT molecular complexity index is 405. The fourth-order valence-electron chi connectivity index (χ4n) is 1.08. The van der Waals surface area contributed by atoms with E-state index >= 15 is 0 Å². The van der Waals surface area contributed by atoms with Gasteiger partial charge in [0, 0.05) is 4.47 Å². The first kappa shape index (κ1) is 11.5. The smallest absolute Gasteiger partial charge is 0.421 e. The number of amides is 2. The first-order valence-electron chi connectivity index (χ1n) is 3.95. The monoisotopic (exact) mass is 273 g/mol. The van der Waals surface area contributed by atoms with Crippen LogP contribution in [0.2, 0.25) is 0 Å². The van der Waals surface area contributed by atoms with Crippen molar-refractivity contribution in [3.8, 4) is 0 Å². The third-order valence-corrected chi connectivity index (χ3v) is 2.36. The molecule has 15 heavy (non-hydrogen) atoms. The maximum absolute atomic E-state index is 10.7. The highest BCUT2D eigenvalue weighted by molar-refractivity contribution is 9.10. The summed E-state index contributed by atoms with van der Waals surface area (Å²) < 4.78 is 0.423. The lowest BCUT2D eigenvalue weighted by molar-refractivity contribution is 0.184. The van der Waals surface area contributed by atoms with Crippen molar-refractivity contribution < 1.29 is 19.8 Å². The number of hydrogen-bond acceptors (Lipinski definition) is 2. The first-order valence-corrected chi connectivity index (χ1v) is 4.75. The van der Waals surface area contributed by atoms with Crippen LogP contribution in [0.15, 0.2) is 22.7 Å². The Morgan fingerprint density at radius 3 is 2.20 bits per heavy atom. The lowest BCUT2D eigenvalue weighted by Crippen LogP contribution is -2.34. The minimum absolute atomic E-state index is 0.0839. The zero-order valence-electron chi connectivity index (χ0n) is 7.77. The zero-order chi connectivity index (χ0) is 11.6. The lowest BCUT2D eigenvalue weighted by Gasteiger charge is -2.15. The van der Waals surface area contributed by atoms with E-state index in [0.29, 0.717) is 4.47 Å². The van der Waals surface area contributed by atoms with Crippen LogP contribution < -0.4 is 4.90 Å². The number of carboxylic acid groups (broad SMARTS) is 2. The highest BCUT2D eigenvalue weighted by Crippen LogP contribution is 2.27. The van der Waals surface area contributed by atoms with Crippen LogP contribution in [0.5, 0.6) is 0 Å². The molecule has 1 aromatic carbocycles. The molecule has 0 aliphatic carbocycles. The second-order valence-electron chi connectivity index (χ2n) is 2.86. The van der Waals surface area contributed by atoms with Crippen LogP contribution in [-0.2, 0) is 0 Å². The predicted molar refractivity (Wildman–Crippen MR) is 57.4 cm³/mol. The Morgan fingerprint density at radius 2 is 1.80 bits per heavy atom. The number of rotatable bonds is 1. The summed E-state index contributed by atoms with van der Waals surface area (Å²) in [5.41, 5.74) is 0.988. The van der Waals surface area contributed by atoms with Crippen LogP contribution in [0.1, 0.15) is 5.56 Å². The molecule has 1 rings (SSSR count). The molecule has 0 atom stereocenters. The van der Waals surface area contributed by atoms with Gasteiger partial charge in [-0.25, -0.2) is 9.59 Å². The van der Waals surface area contributed by atoms with Gasteiger partial charge in [0.15, 0.2) is 0 Å². The zero-order valence-corrected chi connectivity index (χ0v) is 9.35. The van der Waals surface area contributed by atoms with E-state index < -0.39 is 12.2 Å². The summed E-state index contributed by atoms with van der Waals surface area (Å²) in [5, 5.41) is 17.4. The Labute approximate surface area is 94.1 Å². The van der Waals surface area contributed by atoms with Crippen molar-refractivity contribution in [2.45, 2.75) is 6.92 Å². The molecule has 0 unspecified atom stereocenters. The van der Waals surface area contributed by atoms with Gasteiger partial charge in [0.25, 0.3) is 0 Å². The van der Waals surface area contributed by atoms with Gasteiger partial charge in [0.05, 0.1) is 5.69 Å². The number of anilines is 1. The number of imide groups is 1. The summed E-state index contributed by atoms with van der Waals surface area (Å²) in [5.74, 6) is 0. The Balaban J connectivity index is 3.23. The standard InChI is InChI=1S/C9H8BrNO4/c1-5-2-3-7(6(10)4-5)11(8(12)13)9(14)15/h2-4H,1H3,(H,12,13)(H,14,15). The van der Waals surface area contributed by atoms with Crippen molar-refractivity contribution in [2.75, 3.05) is 4.90 Å². The summed E-state index contributed by atoms with van der Waals surface area (Å²) in [6.45, 7) is 1.82. The van der Waals surface area contributed by atoms with Gasteiger partial charge < -0.3 is 10.2 Å². The number of nitrogens with zero attached hydrogens (tertiary/aromatic N) is 1. The van der Waals surface area contributed by atoms with E-state index in [1.54, 1.807) is 12.1 Å². The SMILES string of the molecule is Cc1ccc(N(C(=O)O)C(=O)O)c(Br)c1. The molecule has 0 fully saturated rings. The van der Waals surface area contributed by atoms with E-state index in [1.807, 2.05) is 6.92 Å². The minimum atomic E-state index is -1.54. The van der Waals surface area contributed by atoms with Gasteiger partial charge >= 0.3 is 12.2 Å². The Hall–Kier alpha value is -1.56. The number of benzene rings is 1. The number of halogens is 1. The molecular weight excluding hydrogens is 266 g/mol. The van der Waals surface area contributed by atoms with E-state index in [4.69, 9.17) is 10.2 Å². The van der Waals surface area contributed by atoms with Crippen molar-refractivity contribution in [1.29, 1.82) is 0 Å². The summed E-state index contributed by atoms with van der Waals surface area (Å²) in [6.07, 6.45) is -3.07. The quantitative estimate of drug-likeness (QED) is 0.825. The minimum Gasteiger partial charge on any atom is -0.464 e. The van der Waals surface area contributed by atoms with Crippen LogP contribution in [0.3, 0.4) is 0 Å². The van der Waals surface area contributed by atoms with Gasteiger partial charge in [-0.1, -0.05) is 6.07 Å². The maximum atomic E-state index is 10.7. The average Bonchev–Trinajstić information content (AvgIpc) is 2.08. The molecule has 1 aromatic rings. The van der Waals surface area contributed by atoms with Gasteiger partial charge in [-0.3, -0.25) is 0 Å². The molecule has 0 spiro atoms. The molecule has 0 saturated carbocycles. The van der Waals surface area contributed by atoms with Gasteiger partial charge in [-0.15, -0.1) is 0 Å². The highest BCUT2D eigenvalue weighted by Gasteiger charge is 2.23. The van der Waals surface area contributed by atoms with Crippen LogP contribution in [-0.4, -0.2) is 22.4 Å². The van der Waals surface area contributed by atoms with E-state index in [0.717, 1.165) is 5.56 Å². The maximum Gasteiger partial charge on any atom is 0.421 e. The van der Waals surface area contributed by atoms with Crippen LogP contribution in [0.25, 0.3) is 0 Å². The lowest BCUT2D eigenvalue weighted by atomic mass is 10.2. The van der Waals surface area contributed by atoms with Crippen molar-refractivity contribution in [2.24, 2.45) is 0 Å². The molecule has 5 nitrogen and oxygen atoms in total. The molecule has 0 aromatic heterocycles. The number of carbonyl (C=O) groups is 2. The average molecular weight is 274 g/mol. The van der Waals surface area contributed by atoms with Gasteiger partial charge in [-0.05, 0) is 40.5 Å². The van der Waals surface area contributed by atoms with Crippen LogP contribution >= 0.6 is 15.9 Å². The second kappa shape index (κ2) is 4.31. The normalized spacial score (nSPS) is 9.73. The Morgan fingerprint density at radius 1 is 1.27 bits per heavy atom. The molecule has 0 radical (unpaired) electrons. The molecular formula is C9H8BrNO4. The first-order chi connectivity index (χ1) is 6.93. The summed E-state index contributed by atoms with van der Waals surface area (Å²) >= 11 is 3.12. The predicted octanol–water partition coefficient (Wildman–Crippen LogP) is 2.92. The summed E-state index contributed by atoms with van der Waals surface area (Å²) in [4.78, 5) is 21.7. The number of aryl methyl sites for hydroxylation is 1. The second-order valence-corrected chi connectivity index (χ2v) is 3.71. The number of hydrogen-bond donors (Lipinski definition) is 2. The van der Waals surface area contributed by atoms with Gasteiger partial charge in [0.1, 0.15) is 0 Å². The van der Waals surface area contributed by atoms with Gasteiger partial charge in [0.2, 0.25) is 0 Å². The van der Waals surface area contributed by atoms with Crippen molar-refractivity contribution >= 4 is 33.8 Å². The van der Waals surface area contributed by atoms with Crippen molar-refractivity contribution in [1.82, 2.24) is 0 Å². The third-order valence-electron chi connectivity index (χ3n) is 1.73. The van der Waals surface area contributed by atoms with E-state index in [2.05, 4.69) is 15.9 Å². The van der Waals surface area contributed by atoms with Gasteiger partial charge in [-0.2, -0.15) is 4.90 Å². The highest BCUT2D eigenvalue weighted by atomic mass is 79.9. The van der Waals surface area contributed by atoms with E-state index in [9.17, 15) is 9.59 Å². The molecule has 80 valence electrons. The summed E-state index contributed by atoms with van der Waals surface area (Å²) in [7, 11) is 0. The van der Waals surface area contributed by atoms with Crippen molar-refractivity contribution in [3.05, 3.63) is 28.2 Å². The third kappa shape index (κ3) is 2.47. The molecule has 0 aliphatic heterocycles. The fourth-order valence-corrected chi connectivity index (χ4v) is 1.75. The fraction of sp³-hybridized carbons (Fsp3) is 0.111. The van der Waals surface area contributed by atoms with E-state index in [1.165, 1.54) is 6.07 Å². The van der Waals surface area contributed by atoms with Crippen LogP contribution in [0, 0.1) is 6.92 Å². The molecule has 2 amide bonds. The molecule has 0 heterocycles. The largest absolute Gasteiger partial charge is 0.464 e. The topological polar surface area (TPSA) is 77.8 Å². The molecule has 0 saturated heterocycles. The molecule has 2 N–H and O–H groups in total. The van der Waals surface area contributed by atoms with E-state index in [-0.39, 0.29) is 10.6 Å². The Kier molecular flexibility index (Phi) is 3.31. The molecule has 6 heteroatoms. The summed E-state index contributed by atoms with van der Waals surface area (Å²) in [6, 6.07) is 4.72.